The SMILES string of the molecule is CCCOC(CO)[C](CO)CO. The molecule has 1 unspecified atom stereocenters. The van der Waals surface area contributed by atoms with Gasteiger partial charge in [-0.05, 0) is 6.42 Å². The molecule has 0 aromatic rings. The Bertz CT molecular complexity index is 93.1. The summed E-state index contributed by atoms with van der Waals surface area (Å²) in [5, 5.41) is 26.3. The first-order valence-corrected chi connectivity index (χ1v) is 4.08. The van der Waals surface area contributed by atoms with Gasteiger partial charge in [-0.25, -0.2) is 0 Å². The van der Waals surface area contributed by atoms with E-state index >= 15 is 0 Å². The van der Waals surface area contributed by atoms with E-state index in [2.05, 4.69) is 0 Å². The molecule has 0 aliphatic heterocycles. The number of hydrogen-bond donors (Lipinski definition) is 3. The van der Waals surface area contributed by atoms with Gasteiger partial charge in [0.2, 0.25) is 0 Å². The van der Waals surface area contributed by atoms with E-state index in [0.29, 0.717) is 12.5 Å². The first kappa shape index (κ1) is 11.8. The van der Waals surface area contributed by atoms with Crippen LogP contribution in [0.1, 0.15) is 13.3 Å². The van der Waals surface area contributed by atoms with Crippen LogP contribution in [0.4, 0.5) is 0 Å². The molecular formula is C8H17O4. The van der Waals surface area contributed by atoms with Crippen molar-refractivity contribution in [3.05, 3.63) is 5.92 Å². The highest BCUT2D eigenvalue weighted by Gasteiger charge is 2.20. The molecule has 4 nitrogen and oxygen atoms in total. The average Bonchev–Trinajstić information content (AvgIpc) is 2.12. The zero-order chi connectivity index (χ0) is 9.40. The maximum absolute atomic E-state index is 8.82. The van der Waals surface area contributed by atoms with Gasteiger partial charge >= 0.3 is 0 Å². The maximum Gasteiger partial charge on any atom is 0.0913 e. The van der Waals surface area contributed by atoms with Crippen molar-refractivity contribution in [3.8, 4) is 0 Å². The summed E-state index contributed by atoms with van der Waals surface area (Å²) < 4.78 is 5.18. The van der Waals surface area contributed by atoms with Crippen LogP contribution in [0.5, 0.6) is 0 Å². The molecular weight excluding hydrogens is 160 g/mol. The molecule has 4 heteroatoms. The minimum absolute atomic E-state index is 0.198. The van der Waals surface area contributed by atoms with Crippen LogP contribution >= 0.6 is 0 Å². The lowest BCUT2D eigenvalue weighted by Gasteiger charge is -2.21. The van der Waals surface area contributed by atoms with Gasteiger partial charge in [0.05, 0.1) is 31.8 Å². The Hall–Kier alpha value is -0.160. The second-order valence-electron chi connectivity index (χ2n) is 2.52. The lowest BCUT2D eigenvalue weighted by molar-refractivity contribution is 0.00399. The van der Waals surface area contributed by atoms with Gasteiger partial charge in [-0.15, -0.1) is 0 Å². The Morgan fingerprint density at radius 2 is 1.83 bits per heavy atom. The summed E-state index contributed by atoms with van der Waals surface area (Å²) in [5.74, 6) is 0.422. The van der Waals surface area contributed by atoms with Gasteiger partial charge in [-0.1, -0.05) is 6.92 Å². The number of rotatable bonds is 7. The van der Waals surface area contributed by atoms with Crippen LogP contribution in [0, 0.1) is 5.92 Å². The minimum atomic E-state index is -0.528. The maximum atomic E-state index is 8.82. The van der Waals surface area contributed by atoms with Gasteiger partial charge in [-0.3, -0.25) is 0 Å². The molecule has 0 aliphatic carbocycles. The van der Waals surface area contributed by atoms with E-state index in [9.17, 15) is 0 Å². The molecule has 0 amide bonds. The van der Waals surface area contributed by atoms with E-state index in [1.807, 2.05) is 6.92 Å². The summed E-state index contributed by atoms with van der Waals surface area (Å²) in [7, 11) is 0. The number of aliphatic hydroxyl groups excluding tert-OH is 3. The predicted octanol–water partition coefficient (Wildman–Crippen LogP) is -0.667. The first-order valence-electron chi connectivity index (χ1n) is 4.08. The van der Waals surface area contributed by atoms with Crippen molar-refractivity contribution in [2.45, 2.75) is 19.4 Å². The second-order valence-corrected chi connectivity index (χ2v) is 2.52. The molecule has 3 N–H and O–H groups in total. The zero-order valence-electron chi connectivity index (χ0n) is 7.36. The van der Waals surface area contributed by atoms with Gasteiger partial charge in [0.25, 0.3) is 0 Å². The Balaban J connectivity index is 3.75. The highest BCUT2D eigenvalue weighted by molar-refractivity contribution is 4.97. The largest absolute Gasteiger partial charge is 0.396 e. The molecule has 1 atom stereocenters. The highest BCUT2D eigenvalue weighted by Crippen LogP contribution is 2.08. The van der Waals surface area contributed by atoms with Crippen molar-refractivity contribution in [2.75, 3.05) is 26.4 Å². The molecule has 0 saturated carbocycles. The van der Waals surface area contributed by atoms with Gasteiger partial charge in [0, 0.05) is 6.61 Å². The standard InChI is InChI=1S/C8H17O4/c1-2-3-12-8(6-11)7(4-9)5-10/h8-11H,2-6H2,1H3. The van der Waals surface area contributed by atoms with Gasteiger partial charge < -0.3 is 20.1 Å². The van der Waals surface area contributed by atoms with Crippen molar-refractivity contribution in [1.82, 2.24) is 0 Å². The molecule has 73 valence electrons. The van der Waals surface area contributed by atoms with E-state index in [0.717, 1.165) is 6.42 Å². The second kappa shape index (κ2) is 7.49. The summed E-state index contributed by atoms with van der Waals surface area (Å²) in [6.07, 6.45) is 0.320. The van der Waals surface area contributed by atoms with E-state index in [1.54, 1.807) is 0 Å². The quantitative estimate of drug-likeness (QED) is 0.482. The minimum Gasteiger partial charge on any atom is -0.396 e. The average molecular weight is 177 g/mol. The lowest BCUT2D eigenvalue weighted by atomic mass is 10.1. The predicted molar refractivity (Wildman–Crippen MR) is 44.5 cm³/mol. The number of hydrogen-bond acceptors (Lipinski definition) is 4. The van der Waals surface area contributed by atoms with E-state index in [-0.39, 0.29) is 19.8 Å². The van der Waals surface area contributed by atoms with Crippen molar-refractivity contribution in [3.63, 3.8) is 0 Å². The van der Waals surface area contributed by atoms with Crippen LogP contribution in [0.2, 0.25) is 0 Å². The molecule has 0 aliphatic rings. The fourth-order valence-corrected chi connectivity index (χ4v) is 0.813. The summed E-state index contributed by atoms with van der Waals surface area (Å²) in [6, 6.07) is 0. The molecule has 12 heavy (non-hydrogen) atoms. The van der Waals surface area contributed by atoms with Gasteiger partial charge in [-0.2, -0.15) is 0 Å². The van der Waals surface area contributed by atoms with Crippen LogP contribution < -0.4 is 0 Å². The van der Waals surface area contributed by atoms with E-state index in [4.69, 9.17) is 20.1 Å². The normalized spacial score (nSPS) is 13.8. The fraction of sp³-hybridized carbons (Fsp3) is 0.875. The molecule has 0 aromatic heterocycles. The monoisotopic (exact) mass is 177 g/mol. The Morgan fingerprint density at radius 1 is 1.25 bits per heavy atom. The van der Waals surface area contributed by atoms with Crippen molar-refractivity contribution < 1.29 is 20.1 Å². The van der Waals surface area contributed by atoms with Crippen molar-refractivity contribution >= 4 is 0 Å². The van der Waals surface area contributed by atoms with Crippen LogP contribution in [-0.4, -0.2) is 47.9 Å². The molecule has 0 aromatic carbocycles. The summed E-state index contributed by atoms with van der Waals surface area (Å²) >= 11 is 0. The Morgan fingerprint density at radius 3 is 2.17 bits per heavy atom. The van der Waals surface area contributed by atoms with Crippen LogP contribution in [0.25, 0.3) is 0 Å². The molecule has 0 bridgehead atoms. The fourth-order valence-electron chi connectivity index (χ4n) is 0.813. The Kier molecular flexibility index (Phi) is 7.39. The van der Waals surface area contributed by atoms with E-state index in [1.165, 1.54) is 0 Å². The van der Waals surface area contributed by atoms with Crippen molar-refractivity contribution in [2.24, 2.45) is 0 Å². The van der Waals surface area contributed by atoms with Crippen LogP contribution in [0.15, 0.2) is 0 Å². The van der Waals surface area contributed by atoms with E-state index < -0.39 is 6.10 Å². The smallest absolute Gasteiger partial charge is 0.0913 e. The van der Waals surface area contributed by atoms with Crippen molar-refractivity contribution in [1.29, 1.82) is 0 Å². The first-order chi connectivity index (χ1) is 5.79. The topological polar surface area (TPSA) is 69.9 Å². The number of aliphatic hydroxyl groups is 3. The third-order valence-electron chi connectivity index (χ3n) is 1.55. The van der Waals surface area contributed by atoms with Gasteiger partial charge in [0.15, 0.2) is 0 Å². The van der Waals surface area contributed by atoms with Crippen LogP contribution in [0.3, 0.4) is 0 Å². The molecule has 1 radical (unpaired) electrons. The molecule has 0 heterocycles. The Labute approximate surface area is 72.8 Å². The highest BCUT2D eigenvalue weighted by atomic mass is 16.5. The molecule has 0 saturated heterocycles. The van der Waals surface area contributed by atoms with Gasteiger partial charge in [0.1, 0.15) is 0 Å². The third-order valence-corrected chi connectivity index (χ3v) is 1.55. The molecule has 0 spiro atoms. The molecule has 0 fully saturated rings. The lowest BCUT2D eigenvalue weighted by Crippen LogP contribution is -2.31. The summed E-state index contributed by atoms with van der Waals surface area (Å²) in [4.78, 5) is 0. The van der Waals surface area contributed by atoms with Crippen LogP contribution in [-0.2, 0) is 4.74 Å². The molecule has 0 rings (SSSR count). The summed E-state index contributed by atoms with van der Waals surface area (Å²) in [6.45, 7) is 1.79. The summed E-state index contributed by atoms with van der Waals surface area (Å²) in [5.41, 5.74) is 0. The zero-order valence-corrected chi connectivity index (χ0v) is 7.36. The number of ether oxygens (including phenoxy) is 1. The third kappa shape index (κ3) is 4.01.